The zero-order chi connectivity index (χ0) is 14.5. The molecule has 3 atom stereocenters. The second-order valence-corrected chi connectivity index (χ2v) is 7.36. The quantitative estimate of drug-likeness (QED) is 0.884. The molecule has 0 aliphatic heterocycles. The van der Waals surface area contributed by atoms with E-state index in [1.54, 1.807) is 0 Å². The molecular formula is C16H18BrNOS. The van der Waals surface area contributed by atoms with Gasteiger partial charge in [-0.05, 0) is 43.8 Å². The van der Waals surface area contributed by atoms with Crippen LogP contribution < -0.4 is 5.32 Å². The molecule has 0 radical (unpaired) electrons. The van der Waals surface area contributed by atoms with Crippen LogP contribution in [0.2, 0.25) is 0 Å². The fourth-order valence-corrected chi connectivity index (χ4v) is 3.88. The van der Waals surface area contributed by atoms with Gasteiger partial charge < -0.3 is 5.32 Å². The van der Waals surface area contributed by atoms with E-state index in [2.05, 4.69) is 33.4 Å². The van der Waals surface area contributed by atoms with Crippen molar-refractivity contribution in [2.45, 2.75) is 23.1 Å². The molecule has 0 aliphatic carbocycles. The molecule has 4 heteroatoms. The van der Waals surface area contributed by atoms with E-state index in [-0.39, 0.29) is 11.3 Å². The summed E-state index contributed by atoms with van der Waals surface area (Å²) in [5.41, 5.74) is 1.16. The molecule has 0 saturated carbocycles. The summed E-state index contributed by atoms with van der Waals surface area (Å²) in [6.45, 7) is 2.02. The van der Waals surface area contributed by atoms with Gasteiger partial charge in [0.05, 0.1) is 16.0 Å². The highest BCUT2D eigenvalue weighted by molar-refractivity contribution is 9.10. The van der Waals surface area contributed by atoms with Gasteiger partial charge in [0, 0.05) is 15.4 Å². The van der Waals surface area contributed by atoms with Gasteiger partial charge in [0.25, 0.3) is 0 Å². The van der Waals surface area contributed by atoms with E-state index in [9.17, 15) is 4.21 Å². The zero-order valence-electron chi connectivity index (χ0n) is 11.5. The van der Waals surface area contributed by atoms with E-state index in [0.717, 1.165) is 14.9 Å². The van der Waals surface area contributed by atoms with Crippen LogP contribution in [0, 0.1) is 0 Å². The molecule has 0 bridgehead atoms. The summed E-state index contributed by atoms with van der Waals surface area (Å²) in [5, 5.41) is 3.27. The minimum atomic E-state index is -1.05. The number of halogens is 1. The van der Waals surface area contributed by atoms with E-state index in [1.807, 2.05) is 56.4 Å². The van der Waals surface area contributed by atoms with Gasteiger partial charge in [-0.15, -0.1) is 0 Å². The summed E-state index contributed by atoms with van der Waals surface area (Å²) in [6, 6.07) is 17.9. The smallest absolute Gasteiger partial charge is 0.0577 e. The average molecular weight is 352 g/mol. The number of hydrogen-bond donors (Lipinski definition) is 1. The van der Waals surface area contributed by atoms with E-state index in [0.29, 0.717) is 0 Å². The molecule has 0 aromatic heterocycles. The summed E-state index contributed by atoms with van der Waals surface area (Å²) in [7, 11) is 0.859. The van der Waals surface area contributed by atoms with Crippen LogP contribution in [0.1, 0.15) is 18.5 Å². The van der Waals surface area contributed by atoms with Crippen LogP contribution in [0.3, 0.4) is 0 Å². The number of nitrogens with one attached hydrogen (secondary N) is 1. The highest BCUT2D eigenvalue weighted by Crippen LogP contribution is 2.24. The Morgan fingerprint density at radius 1 is 1.05 bits per heavy atom. The van der Waals surface area contributed by atoms with E-state index in [4.69, 9.17) is 0 Å². The minimum absolute atomic E-state index is 0.0106. The van der Waals surface area contributed by atoms with Crippen molar-refractivity contribution in [3.05, 3.63) is 64.6 Å². The summed E-state index contributed by atoms with van der Waals surface area (Å²) in [4.78, 5) is 0.858. The molecule has 0 fully saturated rings. The van der Waals surface area contributed by atoms with E-state index < -0.39 is 10.8 Å². The van der Waals surface area contributed by atoms with Gasteiger partial charge in [0.1, 0.15) is 0 Å². The molecular weight excluding hydrogens is 334 g/mol. The molecule has 106 valence electrons. The monoisotopic (exact) mass is 351 g/mol. The van der Waals surface area contributed by atoms with Crippen LogP contribution in [0.15, 0.2) is 64.0 Å². The second kappa shape index (κ2) is 7.16. The summed E-state index contributed by atoms with van der Waals surface area (Å²) in [5.74, 6) is 0. The van der Waals surface area contributed by atoms with Gasteiger partial charge in [0.15, 0.2) is 0 Å². The Balaban J connectivity index is 2.22. The Kier molecular flexibility index (Phi) is 5.52. The lowest BCUT2D eigenvalue weighted by Gasteiger charge is -2.23. The van der Waals surface area contributed by atoms with E-state index >= 15 is 0 Å². The summed E-state index contributed by atoms with van der Waals surface area (Å²) < 4.78 is 13.7. The molecule has 1 N–H and O–H groups in total. The lowest BCUT2D eigenvalue weighted by molar-refractivity contribution is 0.570. The number of hydrogen-bond acceptors (Lipinski definition) is 2. The molecule has 0 aliphatic rings. The molecule has 0 saturated heterocycles. The third kappa shape index (κ3) is 3.57. The first-order valence-corrected chi connectivity index (χ1v) is 8.52. The molecule has 0 spiro atoms. The van der Waals surface area contributed by atoms with Crippen molar-refractivity contribution < 1.29 is 4.21 Å². The fourth-order valence-electron chi connectivity index (χ4n) is 2.24. The maximum atomic E-state index is 12.7. The third-order valence-electron chi connectivity index (χ3n) is 3.32. The predicted molar refractivity (Wildman–Crippen MR) is 88.3 cm³/mol. The molecule has 2 aromatic rings. The highest BCUT2D eigenvalue weighted by Gasteiger charge is 2.23. The fraction of sp³-hybridized carbons (Fsp3) is 0.250. The van der Waals surface area contributed by atoms with Gasteiger partial charge in [-0.2, -0.15) is 0 Å². The van der Waals surface area contributed by atoms with Gasteiger partial charge >= 0.3 is 0 Å². The van der Waals surface area contributed by atoms with Gasteiger partial charge in [-0.1, -0.05) is 46.3 Å². The Morgan fingerprint density at radius 3 is 2.20 bits per heavy atom. The Labute approximate surface area is 131 Å². The first-order chi connectivity index (χ1) is 9.63. The van der Waals surface area contributed by atoms with Crippen molar-refractivity contribution in [3.63, 3.8) is 0 Å². The molecule has 3 unspecified atom stereocenters. The molecule has 0 heterocycles. The van der Waals surface area contributed by atoms with Gasteiger partial charge in [-0.3, -0.25) is 4.21 Å². The van der Waals surface area contributed by atoms with Crippen molar-refractivity contribution >= 4 is 26.7 Å². The molecule has 2 rings (SSSR count). The van der Waals surface area contributed by atoms with Crippen molar-refractivity contribution in [1.29, 1.82) is 0 Å². The topological polar surface area (TPSA) is 29.1 Å². The maximum absolute atomic E-state index is 12.7. The van der Waals surface area contributed by atoms with Crippen LogP contribution in [-0.4, -0.2) is 16.5 Å². The van der Waals surface area contributed by atoms with Crippen molar-refractivity contribution in [1.82, 2.24) is 5.32 Å². The normalized spacial score (nSPS) is 15.6. The predicted octanol–water partition coefficient (Wildman–Crippen LogP) is 3.91. The zero-order valence-corrected chi connectivity index (χ0v) is 13.9. The van der Waals surface area contributed by atoms with Crippen LogP contribution in [0.4, 0.5) is 0 Å². The first kappa shape index (κ1) is 15.4. The number of benzene rings is 2. The van der Waals surface area contributed by atoms with Gasteiger partial charge in [-0.25, -0.2) is 0 Å². The lowest BCUT2D eigenvalue weighted by atomic mass is 10.0. The maximum Gasteiger partial charge on any atom is 0.0577 e. The van der Waals surface area contributed by atoms with Gasteiger partial charge in [0.2, 0.25) is 0 Å². The first-order valence-electron chi connectivity index (χ1n) is 6.52. The Bertz CT molecular complexity index is 571. The van der Waals surface area contributed by atoms with E-state index in [1.165, 1.54) is 0 Å². The SMILES string of the molecule is CNC(c1ccccc1)C(C)S(=O)c1ccc(Br)cc1. The van der Waals surface area contributed by atoms with Crippen LogP contribution in [0.5, 0.6) is 0 Å². The molecule has 0 amide bonds. The molecule has 2 nitrogen and oxygen atoms in total. The molecule has 20 heavy (non-hydrogen) atoms. The standard InChI is InChI=1S/C16H18BrNOS/c1-12(16(18-2)13-6-4-3-5-7-13)20(19)15-10-8-14(17)9-11-15/h3-12,16,18H,1-2H3. The minimum Gasteiger partial charge on any atom is -0.312 e. The summed E-state index contributed by atoms with van der Waals surface area (Å²) >= 11 is 3.40. The lowest BCUT2D eigenvalue weighted by Crippen LogP contribution is -2.30. The highest BCUT2D eigenvalue weighted by atomic mass is 79.9. The van der Waals surface area contributed by atoms with Crippen molar-refractivity contribution in [2.75, 3.05) is 7.05 Å². The van der Waals surface area contributed by atoms with Crippen molar-refractivity contribution in [3.8, 4) is 0 Å². The molecule has 2 aromatic carbocycles. The largest absolute Gasteiger partial charge is 0.312 e. The van der Waals surface area contributed by atoms with Crippen molar-refractivity contribution in [2.24, 2.45) is 0 Å². The Hall–Kier alpha value is -0.970. The van der Waals surface area contributed by atoms with Crippen LogP contribution in [0.25, 0.3) is 0 Å². The Morgan fingerprint density at radius 2 is 1.65 bits per heavy atom. The average Bonchev–Trinajstić information content (AvgIpc) is 2.49. The number of rotatable bonds is 5. The van der Waals surface area contributed by atoms with Crippen LogP contribution >= 0.6 is 15.9 Å². The summed E-state index contributed by atoms with van der Waals surface area (Å²) in [6.07, 6.45) is 0. The van der Waals surface area contributed by atoms with Crippen LogP contribution in [-0.2, 0) is 10.8 Å². The third-order valence-corrected chi connectivity index (χ3v) is 5.54. The second-order valence-electron chi connectivity index (χ2n) is 4.63.